The number of benzene rings is 1. The second kappa shape index (κ2) is 6.59. The summed E-state index contributed by atoms with van der Waals surface area (Å²) in [5.41, 5.74) is 1.83. The summed E-state index contributed by atoms with van der Waals surface area (Å²) in [4.78, 5) is 0. The normalized spacial score (nSPS) is 12.5. The van der Waals surface area contributed by atoms with Gasteiger partial charge in [0.15, 0.2) is 0 Å². The molecule has 1 aromatic carbocycles. The van der Waals surface area contributed by atoms with Gasteiger partial charge in [0, 0.05) is 21.8 Å². The third kappa shape index (κ3) is 4.06. The SMILES string of the molecule is CC(C)NCC(C)(C)CCc1csc2c(Br)cccc12. The lowest BCUT2D eigenvalue weighted by molar-refractivity contribution is 0.304. The molecule has 0 unspecified atom stereocenters. The number of nitrogens with one attached hydrogen (secondary N) is 1. The highest BCUT2D eigenvalue weighted by atomic mass is 79.9. The molecule has 1 nitrogen and oxygen atoms in total. The summed E-state index contributed by atoms with van der Waals surface area (Å²) in [5.74, 6) is 0. The van der Waals surface area contributed by atoms with Crippen molar-refractivity contribution in [3.8, 4) is 0 Å². The molecule has 0 saturated carbocycles. The molecule has 3 heteroatoms. The Hall–Kier alpha value is -0.380. The lowest BCUT2D eigenvalue weighted by Crippen LogP contribution is -2.34. The van der Waals surface area contributed by atoms with Gasteiger partial charge in [-0.05, 0) is 56.6 Å². The molecule has 0 radical (unpaired) electrons. The highest BCUT2D eigenvalue weighted by Crippen LogP contribution is 2.34. The maximum absolute atomic E-state index is 3.64. The molecule has 0 spiro atoms. The van der Waals surface area contributed by atoms with Crippen molar-refractivity contribution in [2.75, 3.05) is 6.54 Å². The number of aryl methyl sites for hydroxylation is 1. The Balaban J connectivity index is 2.04. The minimum atomic E-state index is 0.338. The first kappa shape index (κ1) is 16.0. The van der Waals surface area contributed by atoms with Gasteiger partial charge in [-0.2, -0.15) is 0 Å². The molecule has 2 aromatic rings. The van der Waals surface area contributed by atoms with Crippen LogP contribution in [0.1, 0.15) is 39.7 Å². The predicted octanol–water partition coefficient (Wildman–Crippen LogP) is 5.62. The zero-order valence-electron chi connectivity index (χ0n) is 12.8. The first-order valence-corrected chi connectivity index (χ1v) is 8.94. The zero-order chi connectivity index (χ0) is 14.8. The number of thiophene rings is 1. The fourth-order valence-electron chi connectivity index (χ4n) is 2.31. The van der Waals surface area contributed by atoms with E-state index in [1.165, 1.54) is 26.5 Å². The van der Waals surface area contributed by atoms with Crippen LogP contribution < -0.4 is 5.32 Å². The number of hydrogen-bond donors (Lipinski definition) is 1. The summed E-state index contributed by atoms with van der Waals surface area (Å²) in [5, 5.41) is 7.29. The van der Waals surface area contributed by atoms with Crippen LogP contribution in [-0.2, 0) is 6.42 Å². The molecule has 110 valence electrons. The summed E-state index contributed by atoms with van der Waals surface area (Å²) in [7, 11) is 0. The maximum Gasteiger partial charge on any atom is 0.0487 e. The van der Waals surface area contributed by atoms with E-state index in [1.807, 2.05) is 11.3 Å². The van der Waals surface area contributed by atoms with Crippen LogP contribution in [0.2, 0.25) is 0 Å². The smallest absolute Gasteiger partial charge is 0.0487 e. The zero-order valence-corrected chi connectivity index (χ0v) is 15.2. The van der Waals surface area contributed by atoms with Crippen molar-refractivity contribution in [2.45, 2.75) is 46.6 Å². The van der Waals surface area contributed by atoms with E-state index in [-0.39, 0.29) is 0 Å². The maximum atomic E-state index is 3.64. The molecule has 1 aromatic heterocycles. The van der Waals surface area contributed by atoms with Crippen molar-refractivity contribution in [3.63, 3.8) is 0 Å². The molecule has 0 aliphatic heterocycles. The molecule has 0 saturated heterocycles. The highest BCUT2D eigenvalue weighted by Gasteiger charge is 2.18. The summed E-state index contributed by atoms with van der Waals surface area (Å²) < 4.78 is 2.59. The molecule has 20 heavy (non-hydrogen) atoms. The van der Waals surface area contributed by atoms with E-state index in [2.05, 4.69) is 72.5 Å². The van der Waals surface area contributed by atoms with Gasteiger partial charge in [-0.15, -0.1) is 11.3 Å². The van der Waals surface area contributed by atoms with E-state index in [0.29, 0.717) is 11.5 Å². The van der Waals surface area contributed by atoms with E-state index < -0.39 is 0 Å². The van der Waals surface area contributed by atoms with Crippen molar-refractivity contribution < 1.29 is 0 Å². The first-order valence-electron chi connectivity index (χ1n) is 7.27. The molecule has 1 heterocycles. The van der Waals surface area contributed by atoms with Crippen LogP contribution in [0.25, 0.3) is 10.1 Å². The lowest BCUT2D eigenvalue weighted by atomic mass is 9.86. The molecule has 0 atom stereocenters. The van der Waals surface area contributed by atoms with Gasteiger partial charge in [-0.25, -0.2) is 0 Å². The van der Waals surface area contributed by atoms with Gasteiger partial charge < -0.3 is 5.32 Å². The molecular weight excluding hydrogens is 330 g/mol. The summed E-state index contributed by atoms with van der Waals surface area (Å²) in [6.45, 7) is 10.2. The molecule has 0 fully saturated rings. The Morgan fingerprint density at radius 2 is 2.05 bits per heavy atom. The fourth-order valence-corrected chi connectivity index (χ4v) is 3.97. The topological polar surface area (TPSA) is 12.0 Å². The van der Waals surface area contributed by atoms with E-state index in [4.69, 9.17) is 0 Å². The van der Waals surface area contributed by atoms with E-state index in [0.717, 1.165) is 13.0 Å². The molecule has 1 N–H and O–H groups in total. The fraction of sp³-hybridized carbons (Fsp3) is 0.529. The Kier molecular flexibility index (Phi) is 5.27. The third-order valence-electron chi connectivity index (χ3n) is 3.69. The van der Waals surface area contributed by atoms with Crippen molar-refractivity contribution >= 4 is 37.4 Å². The Labute approximate surface area is 134 Å². The second-order valence-corrected chi connectivity index (χ2v) is 8.31. The average molecular weight is 354 g/mol. The number of halogens is 1. The minimum absolute atomic E-state index is 0.338. The van der Waals surface area contributed by atoms with E-state index >= 15 is 0 Å². The van der Waals surface area contributed by atoms with Gasteiger partial charge in [0.05, 0.1) is 0 Å². The van der Waals surface area contributed by atoms with Gasteiger partial charge in [-0.3, -0.25) is 0 Å². The quantitative estimate of drug-likeness (QED) is 0.710. The molecule has 0 amide bonds. The van der Waals surface area contributed by atoms with E-state index in [9.17, 15) is 0 Å². The van der Waals surface area contributed by atoms with Gasteiger partial charge in [0.2, 0.25) is 0 Å². The van der Waals surface area contributed by atoms with Crippen LogP contribution in [-0.4, -0.2) is 12.6 Å². The Morgan fingerprint density at radius 3 is 2.75 bits per heavy atom. The van der Waals surface area contributed by atoms with Gasteiger partial charge in [-0.1, -0.05) is 39.8 Å². The van der Waals surface area contributed by atoms with Crippen molar-refractivity contribution in [2.24, 2.45) is 5.41 Å². The summed E-state index contributed by atoms with van der Waals surface area (Å²) in [6, 6.07) is 7.06. The summed E-state index contributed by atoms with van der Waals surface area (Å²) >= 11 is 5.49. The molecule has 0 bridgehead atoms. The number of fused-ring (bicyclic) bond motifs is 1. The van der Waals surface area contributed by atoms with Gasteiger partial charge in [0.1, 0.15) is 0 Å². The standard InChI is InChI=1S/C17H24BrNS/c1-12(2)19-11-17(3,4)9-8-13-10-20-16-14(13)6-5-7-15(16)18/h5-7,10,12,19H,8-9,11H2,1-4H3. The van der Waals surface area contributed by atoms with Crippen LogP contribution in [0.4, 0.5) is 0 Å². The lowest BCUT2D eigenvalue weighted by Gasteiger charge is -2.26. The van der Waals surface area contributed by atoms with Crippen molar-refractivity contribution in [1.82, 2.24) is 5.32 Å². The molecule has 0 aliphatic rings. The molecular formula is C17H24BrNS. The largest absolute Gasteiger partial charge is 0.314 e. The minimum Gasteiger partial charge on any atom is -0.314 e. The number of hydrogen-bond acceptors (Lipinski definition) is 2. The predicted molar refractivity (Wildman–Crippen MR) is 94.8 cm³/mol. The Morgan fingerprint density at radius 1 is 1.30 bits per heavy atom. The van der Waals surface area contributed by atoms with Crippen LogP contribution >= 0.6 is 27.3 Å². The third-order valence-corrected chi connectivity index (χ3v) is 5.69. The van der Waals surface area contributed by atoms with Crippen LogP contribution in [0.3, 0.4) is 0 Å². The van der Waals surface area contributed by atoms with Crippen molar-refractivity contribution in [3.05, 3.63) is 33.6 Å². The van der Waals surface area contributed by atoms with Gasteiger partial charge >= 0.3 is 0 Å². The monoisotopic (exact) mass is 353 g/mol. The number of rotatable bonds is 6. The average Bonchev–Trinajstić information content (AvgIpc) is 2.79. The van der Waals surface area contributed by atoms with Crippen LogP contribution in [0, 0.1) is 5.41 Å². The summed E-state index contributed by atoms with van der Waals surface area (Å²) in [6.07, 6.45) is 2.37. The van der Waals surface area contributed by atoms with Crippen LogP contribution in [0.5, 0.6) is 0 Å². The molecule has 2 rings (SSSR count). The molecule has 0 aliphatic carbocycles. The van der Waals surface area contributed by atoms with Crippen LogP contribution in [0.15, 0.2) is 28.1 Å². The Bertz CT molecular complexity index is 571. The first-order chi connectivity index (χ1) is 9.39. The van der Waals surface area contributed by atoms with E-state index in [1.54, 1.807) is 0 Å². The van der Waals surface area contributed by atoms with Crippen molar-refractivity contribution in [1.29, 1.82) is 0 Å². The van der Waals surface area contributed by atoms with Gasteiger partial charge in [0.25, 0.3) is 0 Å². The second-order valence-electron chi connectivity index (χ2n) is 6.58. The highest BCUT2D eigenvalue weighted by molar-refractivity contribution is 9.10.